The Morgan fingerprint density at radius 3 is 3.15 bits per heavy atom. The number of thioether (sulfide) groups is 1. The van der Waals surface area contributed by atoms with E-state index >= 15 is 0 Å². The van der Waals surface area contributed by atoms with E-state index in [1.807, 2.05) is 30.8 Å². The fourth-order valence-electron chi connectivity index (χ4n) is 2.41. The highest BCUT2D eigenvalue weighted by molar-refractivity contribution is 7.99. The summed E-state index contributed by atoms with van der Waals surface area (Å²) in [6.07, 6.45) is 1.77. The molecule has 2 aromatic heterocycles. The third kappa shape index (κ3) is 2.71. The number of nitrogens with zero attached hydrogens (tertiary/aromatic N) is 3. The van der Waals surface area contributed by atoms with Gasteiger partial charge in [0, 0.05) is 23.7 Å². The average molecular weight is 290 g/mol. The van der Waals surface area contributed by atoms with Crippen LogP contribution in [0.5, 0.6) is 0 Å². The molecule has 0 amide bonds. The van der Waals surface area contributed by atoms with Gasteiger partial charge in [-0.2, -0.15) is 16.7 Å². The van der Waals surface area contributed by atoms with Crippen LogP contribution in [0.2, 0.25) is 0 Å². The summed E-state index contributed by atoms with van der Waals surface area (Å²) in [6.45, 7) is 5.11. The Morgan fingerprint density at radius 1 is 1.45 bits per heavy atom. The molecule has 2 unspecified atom stereocenters. The van der Waals surface area contributed by atoms with Crippen molar-refractivity contribution in [3.8, 4) is 11.5 Å². The van der Waals surface area contributed by atoms with Crippen LogP contribution < -0.4 is 5.32 Å². The van der Waals surface area contributed by atoms with Crippen molar-refractivity contribution in [1.29, 1.82) is 0 Å². The van der Waals surface area contributed by atoms with Crippen molar-refractivity contribution in [2.75, 3.05) is 18.1 Å². The summed E-state index contributed by atoms with van der Waals surface area (Å²) < 4.78 is 5.46. The molecule has 1 aliphatic heterocycles. The van der Waals surface area contributed by atoms with Gasteiger partial charge in [0.15, 0.2) is 0 Å². The van der Waals surface area contributed by atoms with E-state index in [2.05, 4.69) is 27.4 Å². The quantitative estimate of drug-likeness (QED) is 0.931. The number of nitrogens with one attached hydrogen (secondary N) is 1. The van der Waals surface area contributed by atoms with Gasteiger partial charge in [-0.1, -0.05) is 12.1 Å². The second kappa shape index (κ2) is 5.93. The Hall–Kier alpha value is -1.40. The Kier molecular flexibility index (Phi) is 4.03. The summed E-state index contributed by atoms with van der Waals surface area (Å²) in [7, 11) is 0. The van der Waals surface area contributed by atoms with E-state index in [4.69, 9.17) is 4.52 Å². The number of aromatic nitrogens is 3. The summed E-state index contributed by atoms with van der Waals surface area (Å²) >= 11 is 1.93. The smallest absolute Gasteiger partial charge is 0.232 e. The largest absolute Gasteiger partial charge is 0.339 e. The number of likely N-dealkylation sites (N-methyl/N-ethyl adjacent to an activating group) is 1. The van der Waals surface area contributed by atoms with E-state index in [0.29, 0.717) is 17.8 Å². The topological polar surface area (TPSA) is 63.8 Å². The van der Waals surface area contributed by atoms with Gasteiger partial charge in [0.1, 0.15) is 5.69 Å². The highest BCUT2D eigenvalue weighted by Crippen LogP contribution is 2.32. The molecule has 2 atom stereocenters. The molecule has 1 saturated heterocycles. The van der Waals surface area contributed by atoms with Crippen LogP contribution in [-0.2, 0) is 0 Å². The van der Waals surface area contributed by atoms with Crippen LogP contribution in [0.25, 0.3) is 11.5 Å². The molecule has 0 radical (unpaired) electrons. The van der Waals surface area contributed by atoms with E-state index in [-0.39, 0.29) is 0 Å². The maximum absolute atomic E-state index is 5.46. The molecule has 3 rings (SSSR count). The standard InChI is InChI=1S/C14H18N4OS/c1-3-15-12-8-20-7-10(12)14-17-13(18-19-14)11-6-9(2)4-5-16-11/h4-6,10,12,15H,3,7-8H2,1-2H3. The van der Waals surface area contributed by atoms with Gasteiger partial charge in [-0.25, -0.2) is 0 Å². The Labute approximate surface area is 122 Å². The third-order valence-corrected chi connectivity index (χ3v) is 4.64. The number of aryl methyl sites for hydroxylation is 1. The van der Waals surface area contributed by atoms with Crippen molar-refractivity contribution in [2.24, 2.45) is 0 Å². The van der Waals surface area contributed by atoms with E-state index in [0.717, 1.165) is 35.2 Å². The van der Waals surface area contributed by atoms with Gasteiger partial charge in [0.25, 0.3) is 0 Å². The molecule has 106 valence electrons. The second-order valence-corrected chi connectivity index (χ2v) is 6.06. The first-order chi connectivity index (χ1) is 9.78. The zero-order valence-corrected chi connectivity index (χ0v) is 12.5. The third-order valence-electron chi connectivity index (χ3n) is 3.45. The molecule has 1 fully saturated rings. The lowest BCUT2D eigenvalue weighted by molar-refractivity contribution is 0.340. The van der Waals surface area contributed by atoms with Gasteiger partial charge in [0.2, 0.25) is 11.7 Å². The van der Waals surface area contributed by atoms with Gasteiger partial charge in [-0.05, 0) is 31.2 Å². The van der Waals surface area contributed by atoms with Crippen LogP contribution >= 0.6 is 11.8 Å². The molecule has 0 spiro atoms. The van der Waals surface area contributed by atoms with Crippen LogP contribution in [0.1, 0.15) is 24.3 Å². The molecule has 20 heavy (non-hydrogen) atoms. The van der Waals surface area contributed by atoms with Crippen LogP contribution in [-0.4, -0.2) is 39.2 Å². The second-order valence-electron chi connectivity index (χ2n) is 4.98. The molecule has 6 heteroatoms. The van der Waals surface area contributed by atoms with Crippen molar-refractivity contribution in [3.63, 3.8) is 0 Å². The molecule has 0 bridgehead atoms. The van der Waals surface area contributed by atoms with Crippen molar-refractivity contribution >= 4 is 11.8 Å². The molecule has 1 N–H and O–H groups in total. The Bertz CT molecular complexity index is 586. The minimum Gasteiger partial charge on any atom is -0.339 e. The van der Waals surface area contributed by atoms with Gasteiger partial charge >= 0.3 is 0 Å². The SMILES string of the molecule is CCNC1CSCC1c1nc(-c2cc(C)ccn2)no1. The maximum Gasteiger partial charge on any atom is 0.232 e. The molecule has 0 aromatic carbocycles. The molecule has 1 aliphatic rings. The lowest BCUT2D eigenvalue weighted by Gasteiger charge is -2.15. The first-order valence-electron chi connectivity index (χ1n) is 6.85. The first kappa shape index (κ1) is 13.6. The molecule has 3 heterocycles. The molecule has 0 saturated carbocycles. The van der Waals surface area contributed by atoms with E-state index in [1.165, 1.54) is 0 Å². The summed E-state index contributed by atoms with van der Waals surface area (Å²) in [5.74, 6) is 3.72. The van der Waals surface area contributed by atoms with E-state index in [1.54, 1.807) is 6.20 Å². The van der Waals surface area contributed by atoms with Crippen LogP contribution in [0.15, 0.2) is 22.9 Å². The highest BCUT2D eigenvalue weighted by atomic mass is 32.2. The monoisotopic (exact) mass is 290 g/mol. The zero-order chi connectivity index (χ0) is 13.9. The number of rotatable bonds is 4. The fourth-order valence-corrected chi connectivity index (χ4v) is 3.78. The molecular formula is C14H18N4OS. The van der Waals surface area contributed by atoms with E-state index < -0.39 is 0 Å². The number of hydrogen-bond donors (Lipinski definition) is 1. The van der Waals surface area contributed by atoms with Gasteiger partial charge in [-0.3, -0.25) is 4.98 Å². The lowest BCUT2D eigenvalue weighted by Crippen LogP contribution is -2.34. The summed E-state index contributed by atoms with van der Waals surface area (Å²) in [5.41, 5.74) is 1.91. The summed E-state index contributed by atoms with van der Waals surface area (Å²) in [4.78, 5) is 8.84. The predicted molar refractivity (Wildman–Crippen MR) is 79.8 cm³/mol. The fraction of sp³-hybridized carbons (Fsp3) is 0.500. The zero-order valence-electron chi connectivity index (χ0n) is 11.7. The molecule has 5 nitrogen and oxygen atoms in total. The van der Waals surface area contributed by atoms with Crippen LogP contribution in [0.3, 0.4) is 0 Å². The lowest BCUT2D eigenvalue weighted by atomic mass is 10.0. The van der Waals surface area contributed by atoms with Gasteiger partial charge in [-0.15, -0.1) is 0 Å². The van der Waals surface area contributed by atoms with Crippen molar-refractivity contribution < 1.29 is 4.52 Å². The minimum absolute atomic E-state index is 0.297. The predicted octanol–water partition coefficient (Wildman–Crippen LogP) is 2.25. The Morgan fingerprint density at radius 2 is 2.35 bits per heavy atom. The van der Waals surface area contributed by atoms with Crippen molar-refractivity contribution in [2.45, 2.75) is 25.8 Å². The van der Waals surface area contributed by atoms with Gasteiger partial charge < -0.3 is 9.84 Å². The van der Waals surface area contributed by atoms with Crippen LogP contribution in [0, 0.1) is 6.92 Å². The van der Waals surface area contributed by atoms with Crippen molar-refractivity contribution in [1.82, 2.24) is 20.4 Å². The molecule has 0 aliphatic carbocycles. The molecule has 2 aromatic rings. The Balaban J connectivity index is 1.83. The van der Waals surface area contributed by atoms with E-state index in [9.17, 15) is 0 Å². The minimum atomic E-state index is 0.297. The molecular weight excluding hydrogens is 272 g/mol. The number of hydrogen-bond acceptors (Lipinski definition) is 6. The number of pyridine rings is 1. The first-order valence-corrected chi connectivity index (χ1v) is 8.01. The average Bonchev–Trinajstić information content (AvgIpc) is 3.07. The summed E-state index contributed by atoms with van der Waals surface area (Å²) in [6, 6.07) is 4.35. The normalized spacial score (nSPS) is 22.3. The van der Waals surface area contributed by atoms with Crippen LogP contribution in [0.4, 0.5) is 0 Å². The van der Waals surface area contributed by atoms with Gasteiger partial charge in [0.05, 0.1) is 5.92 Å². The highest BCUT2D eigenvalue weighted by Gasteiger charge is 2.33. The van der Waals surface area contributed by atoms with Crippen molar-refractivity contribution in [3.05, 3.63) is 29.8 Å². The maximum atomic E-state index is 5.46. The summed E-state index contributed by atoms with van der Waals surface area (Å²) in [5, 5.41) is 7.57.